The topological polar surface area (TPSA) is 91.5 Å². The van der Waals surface area contributed by atoms with Crippen LogP contribution in [0.2, 0.25) is 5.02 Å². The Morgan fingerprint density at radius 1 is 1.36 bits per heavy atom. The third kappa shape index (κ3) is 4.49. The molecule has 2 heterocycles. The van der Waals surface area contributed by atoms with Crippen LogP contribution in [0.15, 0.2) is 28.8 Å². The van der Waals surface area contributed by atoms with Gasteiger partial charge in [0, 0.05) is 30.1 Å². The van der Waals surface area contributed by atoms with Crippen molar-refractivity contribution in [2.45, 2.75) is 31.7 Å². The number of hydrogen-bond acceptors (Lipinski definition) is 5. The fourth-order valence-electron chi connectivity index (χ4n) is 2.91. The van der Waals surface area contributed by atoms with E-state index in [1.165, 1.54) is 0 Å². The summed E-state index contributed by atoms with van der Waals surface area (Å²) < 4.78 is 5.22. The summed E-state index contributed by atoms with van der Waals surface area (Å²) in [6.45, 7) is 1.08. The van der Waals surface area contributed by atoms with Crippen molar-refractivity contribution in [3.63, 3.8) is 0 Å². The van der Waals surface area contributed by atoms with Crippen molar-refractivity contribution in [1.29, 1.82) is 0 Å². The van der Waals surface area contributed by atoms with E-state index in [-0.39, 0.29) is 18.7 Å². The molecule has 2 amide bonds. The number of aliphatic hydroxyl groups is 1. The van der Waals surface area contributed by atoms with Crippen molar-refractivity contribution in [1.82, 2.24) is 20.4 Å². The number of hydrogen-bond donors (Lipinski definition) is 2. The van der Waals surface area contributed by atoms with Gasteiger partial charge >= 0.3 is 6.03 Å². The summed E-state index contributed by atoms with van der Waals surface area (Å²) in [5.41, 5.74) is 0.822. The van der Waals surface area contributed by atoms with Crippen LogP contribution in [0, 0.1) is 0 Å². The Bertz CT molecular complexity index is 704. The van der Waals surface area contributed by atoms with Crippen LogP contribution in [0.1, 0.15) is 25.2 Å². The molecule has 1 fully saturated rings. The predicted octanol–water partition coefficient (Wildman–Crippen LogP) is 2.49. The molecular weight excluding hydrogens is 344 g/mol. The van der Waals surface area contributed by atoms with Gasteiger partial charge in [-0.1, -0.05) is 16.8 Å². The molecular formula is C17H21ClN4O3. The number of carbonyl (C=O) groups is 1. The van der Waals surface area contributed by atoms with Gasteiger partial charge in [-0.15, -0.1) is 0 Å². The summed E-state index contributed by atoms with van der Waals surface area (Å²) in [6.07, 6.45) is 3.31. The van der Waals surface area contributed by atoms with E-state index < -0.39 is 0 Å². The molecule has 25 heavy (non-hydrogen) atoms. The second kappa shape index (κ2) is 8.31. The predicted molar refractivity (Wildman–Crippen MR) is 93.3 cm³/mol. The number of benzene rings is 1. The van der Waals surface area contributed by atoms with Crippen molar-refractivity contribution in [3.05, 3.63) is 35.2 Å². The van der Waals surface area contributed by atoms with Gasteiger partial charge in [0.25, 0.3) is 0 Å². The molecule has 1 atom stereocenters. The molecule has 1 aliphatic rings. The van der Waals surface area contributed by atoms with Crippen LogP contribution in [0.3, 0.4) is 0 Å². The lowest BCUT2D eigenvalue weighted by molar-refractivity contribution is 0.108. The summed E-state index contributed by atoms with van der Waals surface area (Å²) in [5, 5.41) is 16.8. The number of urea groups is 1. The number of aromatic nitrogens is 2. The Hall–Kier alpha value is -2.12. The molecule has 2 aromatic rings. The highest BCUT2D eigenvalue weighted by molar-refractivity contribution is 6.30. The summed E-state index contributed by atoms with van der Waals surface area (Å²) in [4.78, 5) is 18.3. The molecule has 1 aromatic carbocycles. The molecule has 8 heteroatoms. The van der Waals surface area contributed by atoms with Gasteiger partial charge in [0.2, 0.25) is 11.7 Å². The molecule has 1 saturated heterocycles. The molecule has 1 aliphatic heterocycles. The Kier molecular flexibility index (Phi) is 5.88. The lowest BCUT2D eigenvalue weighted by Crippen LogP contribution is -2.50. The van der Waals surface area contributed by atoms with Crippen LogP contribution in [-0.2, 0) is 6.42 Å². The van der Waals surface area contributed by atoms with Gasteiger partial charge in [0.05, 0.1) is 12.6 Å². The molecule has 1 aromatic heterocycles. The standard InChI is InChI=1S/C17H21ClN4O3/c18-13-6-4-12(5-7-13)16-20-15(25-21-16)8-9-19-17(24)22-10-2-1-3-14(22)11-23/h4-7,14,23H,1-3,8-11H2,(H,19,24). The molecule has 0 spiro atoms. The van der Waals surface area contributed by atoms with Gasteiger partial charge in [-0.05, 0) is 43.5 Å². The molecule has 0 saturated carbocycles. The minimum Gasteiger partial charge on any atom is -0.394 e. The maximum atomic E-state index is 12.2. The quantitative estimate of drug-likeness (QED) is 0.850. The number of rotatable bonds is 5. The average molecular weight is 365 g/mol. The molecule has 0 bridgehead atoms. The third-order valence-electron chi connectivity index (χ3n) is 4.28. The fraction of sp³-hybridized carbons (Fsp3) is 0.471. The highest BCUT2D eigenvalue weighted by Crippen LogP contribution is 2.19. The zero-order valence-corrected chi connectivity index (χ0v) is 14.6. The van der Waals surface area contributed by atoms with Crippen molar-refractivity contribution < 1.29 is 14.4 Å². The molecule has 1 unspecified atom stereocenters. The van der Waals surface area contributed by atoms with Crippen molar-refractivity contribution >= 4 is 17.6 Å². The first-order valence-electron chi connectivity index (χ1n) is 8.41. The van der Waals surface area contributed by atoms with Gasteiger partial charge in [0.1, 0.15) is 0 Å². The Morgan fingerprint density at radius 2 is 2.16 bits per heavy atom. The zero-order chi connectivity index (χ0) is 17.6. The Morgan fingerprint density at radius 3 is 2.92 bits per heavy atom. The maximum absolute atomic E-state index is 12.2. The lowest BCUT2D eigenvalue weighted by atomic mass is 10.0. The van der Waals surface area contributed by atoms with Gasteiger partial charge in [-0.25, -0.2) is 4.79 Å². The summed E-state index contributed by atoms with van der Waals surface area (Å²) >= 11 is 5.86. The molecule has 3 rings (SSSR count). The molecule has 7 nitrogen and oxygen atoms in total. The lowest BCUT2D eigenvalue weighted by Gasteiger charge is -2.34. The number of carbonyl (C=O) groups excluding carboxylic acids is 1. The largest absolute Gasteiger partial charge is 0.394 e. The van der Waals surface area contributed by atoms with Crippen molar-refractivity contribution in [2.24, 2.45) is 0 Å². The smallest absolute Gasteiger partial charge is 0.317 e. The van der Waals surface area contributed by atoms with E-state index in [1.807, 2.05) is 12.1 Å². The SMILES string of the molecule is O=C(NCCc1nc(-c2ccc(Cl)cc2)no1)N1CCCCC1CO. The van der Waals surface area contributed by atoms with Gasteiger partial charge in [-0.3, -0.25) is 0 Å². The summed E-state index contributed by atoms with van der Waals surface area (Å²) in [5.74, 6) is 0.956. The van der Waals surface area contributed by atoms with Crippen LogP contribution < -0.4 is 5.32 Å². The van der Waals surface area contributed by atoms with Crippen molar-refractivity contribution in [2.75, 3.05) is 19.7 Å². The third-order valence-corrected chi connectivity index (χ3v) is 4.54. The first-order valence-corrected chi connectivity index (χ1v) is 8.79. The Balaban J connectivity index is 1.50. The van der Waals surface area contributed by atoms with Crippen LogP contribution in [0.5, 0.6) is 0 Å². The van der Waals surface area contributed by atoms with Crippen LogP contribution in [0.4, 0.5) is 4.79 Å². The Labute approximate surface area is 151 Å². The monoisotopic (exact) mass is 364 g/mol. The minimum absolute atomic E-state index is 0.00152. The van der Waals surface area contributed by atoms with Crippen LogP contribution >= 0.6 is 11.6 Å². The zero-order valence-electron chi connectivity index (χ0n) is 13.8. The number of nitrogens with one attached hydrogen (secondary N) is 1. The van der Waals surface area contributed by atoms with Gasteiger partial charge < -0.3 is 19.8 Å². The number of piperidine rings is 1. The van der Waals surface area contributed by atoms with E-state index in [0.717, 1.165) is 24.8 Å². The van der Waals surface area contributed by atoms with Crippen molar-refractivity contribution in [3.8, 4) is 11.4 Å². The van der Waals surface area contributed by atoms with Crippen LogP contribution in [-0.4, -0.2) is 51.9 Å². The maximum Gasteiger partial charge on any atom is 0.317 e. The van der Waals surface area contributed by atoms with E-state index in [4.69, 9.17) is 16.1 Å². The number of aliphatic hydroxyl groups excluding tert-OH is 1. The van der Waals surface area contributed by atoms with Crippen LogP contribution in [0.25, 0.3) is 11.4 Å². The molecule has 134 valence electrons. The average Bonchev–Trinajstić information content (AvgIpc) is 3.11. The normalized spacial score (nSPS) is 17.5. The second-order valence-electron chi connectivity index (χ2n) is 6.03. The number of likely N-dealkylation sites (tertiary alicyclic amines) is 1. The number of amides is 2. The van der Waals surface area contributed by atoms with Gasteiger partial charge in [-0.2, -0.15) is 4.98 Å². The van der Waals surface area contributed by atoms with E-state index in [1.54, 1.807) is 17.0 Å². The first-order chi connectivity index (χ1) is 12.2. The molecule has 2 N–H and O–H groups in total. The molecule has 0 radical (unpaired) electrons. The van der Waals surface area contributed by atoms with E-state index in [9.17, 15) is 9.90 Å². The van der Waals surface area contributed by atoms with Gasteiger partial charge in [0.15, 0.2) is 0 Å². The van der Waals surface area contributed by atoms with E-state index >= 15 is 0 Å². The van der Waals surface area contributed by atoms with E-state index in [0.29, 0.717) is 36.2 Å². The number of halogens is 1. The second-order valence-corrected chi connectivity index (χ2v) is 6.46. The van der Waals surface area contributed by atoms with E-state index in [2.05, 4.69) is 15.5 Å². The fourth-order valence-corrected chi connectivity index (χ4v) is 3.03. The summed E-state index contributed by atoms with van der Waals surface area (Å²) in [6, 6.07) is 6.94. The minimum atomic E-state index is -0.156. The first kappa shape index (κ1) is 17.7. The number of nitrogens with zero attached hydrogens (tertiary/aromatic N) is 3. The molecule has 0 aliphatic carbocycles. The highest BCUT2D eigenvalue weighted by Gasteiger charge is 2.25. The summed E-state index contributed by atoms with van der Waals surface area (Å²) in [7, 11) is 0. The highest BCUT2D eigenvalue weighted by atomic mass is 35.5.